The molecule has 0 aliphatic heterocycles. The van der Waals surface area contributed by atoms with E-state index in [-0.39, 0.29) is 24.0 Å². The summed E-state index contributed by atoms with van der Waals surface area (Å²) in [7, 11) is 1.77. The summed E-state index contributed by atoms with van der Waals surface area (Å²) in [5.74, 6) is 1.92. The molecule has 0 unspecified atom stereocenters. The zero-order valence-electron chi connectivity index (χ0n) is 17.8. The van der Waals surface area contributed by atoms with E-state index in [0.29, 0.717) is 41.8 Å². The number of rotatable bonds is 9. The Morgan fingerprint density at radius 1 is 1.10 bits per heavy atom. The summed E-state index contributed by atoms with van der Waals surface area (Å²) >= 11 is 5.91. The van der Waals surface area contributed by atoms with E-state index >= 15 is 0 Å². The molecule has 2 rings (SSSR count). The predicted molar refractivity (Wildman–Crippen MR) is 130 cm³/mol. The Bertz CT molecular complexity index is 740. The highest BCUT2D eigenvalue weighted by Crippen LogP contribution is 2.18. The maximum Gasteiger partial charge on any atom is 0.228 e. The van der Waals surface area contributed by atoms with Crippen molar-refractivity contribution in [1.29, 1.82) is 0 Å². The Morgan fingerprint density at radius 3 is 2.31 bits per heavy atom. The van der Waals surface area contributed by atoms with Crippen LogP contribution in [0.3, 0.4) is 0 Å². The third kappa shape index (κ3) is 8.47. The van der Waals surface area contributed by atoms with Crippen molar-refractivity contribution >= 4 is 41.5 Å². The molecule has 29 heavy (non-hydrogen) atoms. The molecule has 162 valence electrons. The van der Waals surface area contributed by atoms with Crippen LogP contribution in [0.25, 0.3) is 11.4 Å². The number of nitrogens with one attached hydrogen (secondary N) is 2. The van der Waals surface area contributed by atoms with Crippen molar-refractivity contribution in [1.82, 2.24) is 25.7 Å². The molecule has 2 N–H and O–H groups in total. The van der Waals surface area contributed by atoms with Crippen molar-refractivity contribution < 1.29 is 4.52 Å². The van der Waals surface area contributed by atoms with Crippen LogP contribution in [0.2, 0.25) is 5.02 Å². The molecular weight excluding hydrogens is 503 g/mol. The Kier molecular flexibility index (Phi) is 11.5. The van der Waals surface area contributed by atoms with Gasteiger partial charge >= 0.3 is 0 Å². The van der Waals surface area contributed by atoms with Crippen LogP contribution < -0.4 is 10.6 Å². The van der Waals surface area contributed by atoms with Gasteiger partial charge in [0.05, 0.1) is 0 Å². The highest BCUT2D eigenvalue weighted by atomic mass is 127. The zero-order chi connectivity index (χ0) is 20.5. The fraction of sp³-hybridized carbons (Fsp3) is 0.550. The van der Waals surface area contributed by atoms with Crippen molar-refractivity contribution in [2.24, 2.45) is 4.99 Å². The fourth-order valence-corrected chi connectivity index (χ4v) is 3.12. The van der Waals surface area contributed by atoms with Gasteiger partial charge in [-0.25, -0.2) is 0 Å². The van der Waals surface area contributed by atoms with Gasteiger partial charge in [-0.3, -0.25) is 9.89 Å². The minimum Gasteiger partial charge on any atom is -0.356 e. The molecule has 0 amide bonds. The lowest BCUT2D eigenvalue weighted by Gasteiger charge is -2.30. The van der Waals surface area contributed by atoms with Crippen LogP contribution in [0.5, 0.6) is 0 Å². The predicted octanol–water partition coefficient (Wildman–Crippen LogP) is 3.83. The van der Waals surface area contributed by atoms with Gasteiger partial charge in [-0.05, 0) is 52.0 Å². The van der Waals surface area contributed by atoms with E-state index in [1.165, 1.54) is 0 Å². The Balaban J connectivity index is 0.00000420. The van der Waals surface area contributed by atoms with Crippen molar-refractivity contribution in [2.45, 2.75) is 46.2 Å². The minimum absolute atomic E-state index is 0. The number of aromatic nitrogens is 2. The largest absolute Gasteiger partial charge is 0.356 e. The van der Waals surface area contributed by atoms with E-state index in [1.807, 2.05) is 24.3 Å². The molecule has 1 aromatic carbocycles. The monoisotopic (exact) mass is 534 g/mol. The van der Waals surface area contributed by atoms with E-state index in [0.717, 1.165) is 24.6 Å². The Hall–Kier alpha value is -1.39. The molecule has 0 atom stereocenters. The van der Waals surface area contributed by atoms with E-state index in [1.54, 1.807) is 7.05 Å². The molecule has 0 aliphatic rings. The van der Waals surface area contributed by atoms with Crippen LogP contribution in [-0.2, 0) is 6.42 Å². The standard InChI is InChI=1S/C20H31ClN6O.HI/c1-14(2)27(15(3)4)13-12-24-20(22-5)23-11-10-18-25-19(26-28-18)16-6-8-17(21)9-7-16;/h6-9,14-15H,10-13H2,1-5H3,(H2,22,23,24);1H. The Labute approximate surface area is 195 Å². The van der Waals surface area contributed by atoms with Crippen molar-refractivity contribution in [3.63, 3.8) is 0 Å². The molecule has 0 saturated carbocycles. The zero-order valence-corrected chi connectivity index (χ0v) is 20.9. The third-order valence-electron chi connectivity index (χ3n) is 4.41. The number of aliphatic imine (C=N–C) groups is 1. The van der Waals surface area contributed by atoms with E-state index in [9.17, 15) is 0 Å². The van der Waals surface area contributed by atoms with Crippen molar-refractivity contribution in [3.05, 3.63) is 35.2 Å². The van der Waals surface area contributed by atoms with Gasteiger partial charge in [-0.2, -0.15) is 4.98 Å². The van der Waals surface area contributed by atoms with Crippen LogP contribution >= 0.6 is 35.6 Å². The summed E-state index contributed by atoms with van der Waals surface area (Å²) in [5, 5.41) is 11.3. The first kappa shape index (κ1) is 25.6. The molecule has 0 bridgehead atoms. The average molecular weight is 535 g/mol. The molecule has 1 aromatic heterocycles. The number of nitrogens with zero attached hydrogens (tertiary/aromatic N) is 4. The molecule has 0 fully saturated rings. The fourth-order valence-electron chi connectivity index (χ4n) is 3.00. The summed E-state index contributed by atoms with van der Waals surface area (Å²) < 4.78 is 5.33. The number of halogens is 2. The van der Waals surface area contributed by atoms with Gasteiger partial charge in [0.1, 0.15) is 0 Å². The van der Waals surface area contributed by atoms with E-state index in [2.05, 4.69) is 58.4 Å². The smallest absolute Gasteiger partial charge is 0.228 e. The molecule has 2 aromatic rings. The number of hydrogen-bond acceptors (Lipinski definition) is 5. The molecule has 0 aliphatic carbocycles. The molecular formula is C20H32ClIN6O. The first-order chi connectivity index (χ1) is 13.4. The second-order valence-electron chi connectivity index (χ2n) is 7.12. The summed E-state index contributed by atoms with van der Waals surface area (Å²) in [6, 6.07) is 8.40. The van der Waals surface area contributed by atoms with Gasteiger partial charge in [0.25, 0.3) is 0 Å². The molecule has 9 heteroatoms. The van der Waals surface area contributed by atoms with Gasteiger partial charge < -0.3 is 15.2 Å². The maximum absolute atomic E-state index is 5.91. The molecule has 0 radical (unpaired) electrons. The minimum atomic E-state index is 0. The number of guanidine groups is 1. The molecule has 0 spiro atoms. The highest BCUT2D eigenvalue weighted by molar-refractivity contribution is 14.0. The number of benzene rings is 1. The quantitative estimate of drug-likeness (QED) is 0.289. The third-order valence-corrected chi connectivity index (χ3v) is 4.67. The topological polar surface area (TPSA) is 78.6 Å². The lowest BCUT2D eigenvalue weighted by molar-refractivity contribution is 0.178. The lowest BCUT2D eigenvalue weighted by Crippen LogP contribution is -2.45. The molecule has 0 saturated heterocycles. The van der Waals surface area contributed by atoms with Crippen LogP contribution in [0.1, 0.15) is 33.6 Å². The number of hydrogen-bond donors (Lipinski definition) is 2. The average Bonchev–Trinajstić information content (AvgIpc) is 3.12. The normalized spacial score (nSPS) is 11.8. The summed E-state index contributed by atoms with van der Waals surface area (Å²) in [4.78, 5) is 11.1. The second kappa shape index (κ2) is 13.0. The SMILES string of the molecule is CN=C(NCCc1nc(-c2ccc(Cl)cc2)no1)NCCN(C(C)C)C(C)C.I. The second-order valence-corrected chi connectivity index (χ2v) is 7.56. The van der Waals surface area contributed by atoms with Crippen LogP contribution in [0, 0.1) is 0 Å². The Morgan fingerprint density at radius 2 is 1.72 bits per heavy atom. The van der Waals surface area contributed by atoms with Gasteiger partial charge in [0.2, 0.25) is 11.7 Å². The van der Waals surface area contributed by atoms with Crippen molar-refractivity contribution in [3.8, 4) is 11.4 Å². The summed E-state index contributed by atoms with van der Waals surface area (Å²) in [5.41, 5.74) is 0.879. The highest BCUT2D eigenvalue weighted by Gasteiger charge is 2.13. The van der Waals surface area contributed by atoms with Gasteiger partial charge in [-0.15, -0.1) is 24.0 Å². The van der Waals surface area contributed by atoms with Crippen LogP contribution in [-0.4, -0.2) is 59.8 Å². The molecule has 1 heterocycles. The lowest BCUT2D eigenvalue weighted by atomic mass is 10.2. The maximum atomic E-state index is 5.91. The van der Waals surface area contributed by atoms with Gasteiger partial charge in [0, 0.05) is 55.8 Å². The van der Waals surface area contributed by atoms with Gasteiger partial charge in [-0.1, -0.05) is 16.8 Å². The summed E-state index contributed by atoms with van der Waals surface area (Å²) in [6.45, 7) is 11.3. The first-order valence-electron chi connectivity index (χ1n) is 9.69. The molecule has 7 nitrogen and oxygen atoms in total. The van der Waals surface area contributed by atoms with Crippen LogP contribution in [0.15, 0.2) is 33.8 Å². The van der Waals surface area contributed by atoms with E-state index < -0.39 is 0 Å². The van der Waals surface area contributed by atoms with Gasteiger partial charge in [0.15, 0.2) is 5.96 Å². The summed E-state index contributed by atoms with van der Waals surface area (Å²) in [6.07, 6.45) is 0.616. The van der Waals surface area contributed by atoms with Crippen LogP contribution in [0.4, 0.5) is 0 Å². The van der Waals surface area contributed by atoms with E-state index in [4.69, 9.17) is 16.1 Å². The first-order valence-corrected chi connectivity index (χ1v) is 10.1. The van der Waals surface area contributed by atoms with Crippen molar-refractivity contribution in [2.75, 3.05) is 26.7 Å².